The first-order valence-corrected chi connectivity index (χ1v) is 6.85. The van der Waals surface area contributed by atoms with E-state index in [0.717, 1.165) is 21.4 Å². The zero-order valence-corrected chi connectivity index (χ0v) is 12.3. The Hall–Kier alpha value is -2.35. The number of para-hydroxylation sites is 1. The molecule has 2 amide bonds. The van der Waals surface area contributed by atoms with Gasteiger partial charge < -0.3 is 15.3 Å². The largest absolute Gasteiger partial charge is 0.416 e. The second kappa shape index (κ2) is 6.82. The first-order chi connectivity index (χ1) is 10.8. The maximum absolute atomic E-state index is 12.3. The molecule has 1 aromatic heterocycles. The molecule has 1 atom stereocenters. The fourth-order valence-electron chi connectivity index (χ4n) is 2.06. The zero-order valence-electron chi connectivity index (χ0n) is 12.3. The maximum atomic E-state index is 12.3. The van der Waals surface area contributed by atoms with Gasteiger partial charge in [-0.15, -0.1) is 0 Å². The van der Waals surface area contributed by atoms with Crippen LogP contribution >= 0.6 is 0 Å². The van der Waals surface area contributed by atoms with Crippen molar-refractivity contribution in [1.82, 2.24) is 15.2 Å². The van der Waals surface area contributed by atoms with E-state index >= 15 is 0 Å². The lowest BCUT2D eigenvalue weighted by atomic mass is 10.1. The number of nitrogens with one attached hydrogen (secondary N) is 1. The number of carbonyl (C=O) groups excluding carboxylic acids is 1. The molecule has 0 saturated carbocycles. The van der Waals surface area contributed by atoms with Crippen LogP contribution in [0.5, 0.6) is 0 Å². The number of carbonyl (C=O) groups is 1. The molecule has 124 valence electrons. The average Bonchev–Trinajstić information content (AvgIpc) is 2.51. The predicted molar refractivity (Wildman–Crippen MR) is 78.7 cm³/mol. The number of pyridine rings is 1. The standard InChI is InChI=1S/C15H16F3N3O2/c1-21(9-13(22)15(16,17)18)14(23)20-8-10-6-7-19-12-5-3-2-4-11(10)12/h2-7,13,22H,8-9H2,1H3,(H,20,23)/t13-/m0/s1. The van der Waals surface area contributed by atoms with Crippen LogP contribution in [0, 0.1) is 0 Å². The summed E-state index contributed by atoms with van der Waals surface area (Å²) in [5.74, 6) is 0. The predicted octanol–water partition coefficient (Wildman–Crippen LogP) is 2.30. The molecule has 0 aliphatic rings. The van der Waals surface area contributed by atoms with Crippen LogP contribution in [0.4, 0.5) is 18.0 Å². The van der Waals surface area contributed by atoms with E-state index in [1.165, 1.54) is 7.05 Å². The third-order valence-electron chi connectivity index (χ3n) is 3.34. The number of likely N-dealkylation sites (N-methyl/N-ethyl adjacent to an activating group) is 1. The van der Waals surface area contributed by atoms with Crippen LogP contribution in [-0.2, 0) is 6.54 Å². The molecule has 0 aliphatic carbocycles. The number of aromatic nitrogens is 1. The van der Waals surface area contributed by atoms with E-state index in [0.29, 0.717) is 0 Å². The number of rotatable bonds is 4. The van der Waals surface area contributed by atoms with E-state index in [1.807, 2.05) is 24.3 Å². The van der Waals surface area contributed by atoms with Gasteiger partial charge in [0, 0.05) is 25.2 Å². The van der Waals surface area contributed by atoms with Crippen molar-refractivity contribution in [2.24, 2.45) is 0 Å². The number of hydrogen-bond acceptors (Lipinski definition) is 3. The minimum absolute atomic E-state index is 0.147. The van der Waals surface area contributed by atoms with Gasteiger partial charge in [0.25, 0.3) is 0 Å². The minimum atomic E-state index is -4.75. The quantitative estimate of drug-likeness (QED) is 0.906. The Morgan fingerprint density at radius 3 is 2.74 bits per heavy atom. The molecular formula is C15H16F3N3O2. The number of benzene rings is 1. The molecular weight excluding hydrogens is 311 g/mol. The smallest absolute Gasteiger partial charge is 0.382 e. The highest BCUT2D eigenvalue weighted by molar-refractivity contribution is 5.82. The molecule has 8 heteroatoms. The van der Waals surface area contributed by atoms with E-state index in [4.69, 9.17) is 5.11 Å². The van der Waals surface area contributed by atoms with E-state index in [9.17, 15) is 18.0 Å². The molecule has 2 N–H and O–H groups in total. The third-order valence-corrected chi connectivity index (χ3v) is 3.34. The number of urea groups is 1. The van der Waals surface area contributed by atoms with Gasteiger partial charge in [-0.3, -0.25) is 4.98 Å². The van der Waals surface area contributed by atoms with Crippen molar-refractivity contribution in [3.63, 3.8) is 0 Å². The summed E-state index contributed by atoms with van der Waals surface area (Å²) in [7, 11) is 1.19. The van der Waals surface area contributed by atoms with Crippen LogP contribution in [0.1, 0.15) is 5.56 Å². The lowest BCUT2D eigenvalue weighted by Crippen LogP contribution is -2.45. The Labute approximate surface area is 130 Å². The monoisotopic (exact) mass is 327 g/mol. The van der Waals surface area contributed by atoms with Crippen LogP contribution in [0.15, 0.2) is 36.5 Å². The van der Waals surface area contributed by atoms with Crippen LogP contribution in [-0.4, -0.2) is 46.9 Å². The molecule has 0 aliphatic heterocycles. The molecule has 0 spiro atoms. The molecule has 0 radical (unpaired) electrons. The first kappa shape index (κ1) is 17.0. The number of amides is 2. The van der Waals surface area contributed by atoms with Crippen molar-refractivity contribution in [1.29, 1.82) is 0 Å². The third kappa shape index (κ3) is 4.32. The van der Waals surface area contributed by atoms with Gasteiger partial charge in [-0.1, -0.05) is 18.2 Å². The fourth-order valence-corrected chi connectivity index (χ4v) is 2.06. The highest BCUT2D eigenvalue weighted by Gasteiger charge is 2.39. The summed E-state index contributed by atoms with van der Waals surface area (Å²) in [4.78, 5) is 16.8. The van der Waals surface area contributed by atoms with Crippen LogP contribution in [0.25, 0.3) is 10.9 Å². The minimum Gasteiger partial charge on any atom is -0.382 e. The summed E-state index contributed by atoms with van der Waals surface area (Å²) in [6.07, 6.45) is -5.73. The number of nitrogens with zero attached hydrogens (tertiary/aromatic N) is 2. The topological polar surface area (TPSA) is 65.5 Å². The number of aliphatic hydroxyl groups is 1. The van der Waals surface area contributed by atoms with Crippen molar-refractivity contribution in [3.8, 4) is 0 Å². The Morgan fingerprint density at radius 2 is 2.04 bits per heavy atom. The van der Waals surface area contributed by atoms with Gasteiger partial charge in [0.1, 0.15) is 0 Å². The van der Waals surface area contributed by atoms with Crippen LogP contribution < -0.4 is 5.32 Å². The lowest BCUT2D eigenvalue weighted by molar-refractivity contribution is -0.205. The van der Waals surface area contributed by atoms with Gasteiger partial charge in [-0.05, 0) is 17.7 Å². The summed E-state index contributed by atoms with van der Waals surface area (Å²) in [6.45, 7) is -0.680. The van der Waals surface area contributed by atoms with Crippen LogP contribution in [0.2, 0.25) is 0 Å². The molecule has 2 aromatic rings. The number of hydrogen-bond donors (Lipinski definition) is 2. The highest BCUT2D eigenvalue weighted by Crippen LogP contribution is 2.20. The summed E-state index contributed by atoms with van der Waals surface area (Å²) in [5.41, 5.74) is 1.56. The fraction of sp³-hybridized carbons (Fsp3) is 0.333. The van der Waals surface area contributed by atoms with Gasteiger partial charge in [-0.2, -0.15) is 13.2 Å². The number of alkyl halides is 3. The summed E-state index contributed by atoms with van der Waals surface area (Å²) in [5, 5.41) is 12.4. The van der Waals surface area contributed by atoms with Crippen molar-refractivity contribution in [2.75, 3.05) is 13.6 Å². The number of aliphatic hydroxyl groups excluding tert-OH is 1. The summed E-state index contributed by atoms with van der Waals surface area (Å²) in [6, 6.07) is 8.38. The SMILES string of the molecule is CN(C[C@H](O)C(F)(F)F)C(=O)NCc1ccnc2ccccc12. The van der Waals surface area contributed by atoms with E-state index in [-0.39, 0.29) is 6.54 Å². The normalized spacial score (nSPS) is 12.9. The van der Waals surface area contributed by atoms with Gasteiger partial charge in [-0.25, -0.2) is 4.79 Å². The maximum Gasteiger partial charge on any atom is 0.416 e. The Kier molecular flexibility index (Phi) is 5.05. The Balaban J connectivity index is 1.98. The van der Waals surface area contributed by atoms with Crippen LogP contribution in [0.3, 0.4) is 0 Å². The van der Waals surface area contributed by atoms with Crippen molar-refractivity contribution >= 4 is 16.9 Å². The molecule has 0 bridgehead atoms. The average molecular weight is 327 g/mol. The second-order valence-electron chi connectivity index (χ2n) is 5.08. The van der Waals surface area contributed by atoms with E-state index in [1.54, 1.807) is 12.3 Å². The number of halogens is 3. The molecule has 5 nitrogen and oxygen atoms in total. The molecule has 23 heavy (non-hydrogen) atoms. The first-order valence-electron chi connectivity index (χ1n) is 6.85. The second-order valence-corrected chi connectivity index (χ2v) is 5.08. The lowest BCUT2D eigenvalue weighted by Gasteiger charge is -2.22. The zero-order chi connectivity index (χ0) is 17.0. The molecule has 2 rings (SSSR count). The molecule has 0 fully saturated rings. The van der Waals surface area contributed by atoms with E-state index in [2.05, 4.69) is 10.3 Å². The molecule has 0 saturated heterocycles. The van der Waals surface area contributed by atoms with Gasteiger partial charge >= 0.3 is 12.2 Å². The van der Waals surface area contributed by atoms with Crippen molar-refractivity contribution in [2.45, 2.75) is 18.8 Å². The summed E-state index contributed by atoms with van der Waals surface area (Å²) < 4.78 is 36.8. The highest BCUT2D eigenvalue weighted by atomic mass is 19.4. The van der Waals surface area contributed by atoms with Crippen molar-refractivity contribution in [3.05, 3.63) is 42.1 Å². The molecule has 1 aromatic carbocycles. The van der Waals surface area contributed by atoms with Gasteiger partial charge in [0.05, 0.1) is 12.1 Å². The number of fused-ring (bicyclic) bond motifs is 1. The Bertz CT molecular complexity index is 686. The van der Waals surface area contributed by atoms with Gasteiger partial charge in [0.2, 0.25) is 0 Å². The Morgan fingerprint density at radius 1 is 1.35 bits per heavy atom. The van der Waals surface area contributed by atoms with Crippen molar-refractivity contribution < 1.29 is 23.1 Å². The summed E-state index contributed by atoms with van der Waals surface area (Å²) >= 11 is 0. The molecule has 0 unspecified atom stereocenters. The van der Waals surface area contributed by atoms with E-state index < -0.39 is 24.9 Å². The molecule has 1 heterocycles. The van der Waals surface area contributed by atoms with Gasteiger partial charge in [0.15, 0.2) is 6.10 Å².